The Hall–Kier alpha value is -2.20. The first kappa shape index (κ1) is 15.2. The Morgan fingerprint density at radius 3 is 2.57 bits per heavy atom. The summed E-state index contributed by atoms with van der Waals surface area (Å²) in [6.07, 6.45) is 0.920. The molecule has 0 aliphatic heterocycles. The number of halogens is 1. The molecule has 0 fully saturated rings. The highest BCUT2D eigenvalue weighted by Gasteiger charge is 2.11. The zero-order chi connectivity index (χ0) is 15.1. The number of hydrogen-bond acceptors (Lipinski definition) is 3. The molecule has 2 aromatic rings. The van der Waals surface area contributed by atoms with Gasteiger partial charge in [-0.1, -0.05) is 36.4 Å². The first-order valence-corrected chi connectivity index (χ1v) is 6.82. The van der Waals surface area contributed by atoms with Crippen LogP contribution in [0.2, 0.25) is 0 Å². The first-order valence-electron chi connectivity index (χ1n) is 6.82. The van der Waals surface area contributed by atoms with Crippen molar-refractivity contribution >= 4 is 5.97 Å². The lowest BCUT2D eigenvalue weighted by atomic mass is 10.1. The number of methoxy groups -OCH3 is 1. The normalized spacial score (nSPS) is 10.4. The molecule has 0 aromatic heterocycles. The number of carbonyl (C=O) groups is 1. The minimum atomic E-state index is -0.656. The highest BCUT2D eigenvalue weighted by molar-refractivity contribution is 5.89. The maximum atomic E-state index is 13.7. The molecule has 0 amide bonds. The SMILES string of the molecule is COC(=O)c1ccc(CNCCc2ccccc2)cc1F. The smallest absolute Gasteiger partial charge is 0.340 e. The van der Waals surface area contributed by atoms with E-state index in [2.05, 4.69) is 22.2 Å². The fraction of sp³-hybridized carbons (Fsp3) is 0.235. The topological polar surface area (TPSA) is 38.3 Å². The highest BCUT2D eigenvalue weighted by atomic mass is 19.1. The van der Waals surface area contributed by atoms with Crippen molar-refractivity contribution in [3.05, 3.63) is 71.0 Å². The summed E-state index contributed by atoms with van der Waals surface area (Å²) in [5.74, 6) is -1.21. The Kier molecular flexibility index (Phi) is 5.46. The van der Waals surface area contributed by atoms with Gasteiger partial charge in [-0.05, 0) is 36.2 Å². The van der Waals surface area contributed by atoms with E-state index in [4.69, 9.17) is 0 Å². The summed E-state index contributed by atoms with van der Waals surface area (Å²) in [5.41, 5.74) is 2.02. The third kappa shape index (κ3) is 4.39. The third-order valence-electron chi connectivity index (χ3n) is 3.20. The van der Waals surface area contributed by atoms with E-state index in [1.54, 1.807) is 6.07 Å². The Morgan fingerprint density at radius 1 is 1.14 bits per heavy atom. The summed E-state index contributed by atoms with van der Waals surface area (Å²) in [5, 5.41) is 3.26. The molecule has 0 unspecified atom stereocenters. The van der Waals surface area contributed by atoms with Crippen LogP contribution in [0.25, 0.3) is 0 Å². The van der Waals surface area contributed by atoms with Crippen molar-refractivity contribution in [2.45, 2.75) is 13.0 Å². The van der Waals surface area contributed by atoms with Crippen molar-refractivity contribution in [1.82, 2.24) is 5.32 Å². The lowest BCUT2D eigenvalue weighted by molar-refractivity contribution is 0.0595. The fourth-order valence-electron chi connectivity index (χ4n) is 2.05. The minimum Gasteiger partial charge on any atom is -0.465 e. The van der Waals surface area contributed by atoms with Crippen LogP contribution in [-0.4, -0.2) is 19.6 Å². The largest absolute Gasteiger partial charge is 0.465 e. The molecule has 2 rings (SSSR count). The Balaban J connectivity index is 1.84. The predicted molar refractivity (Wildman–Crippen MR) is 79.6 cm³/mol. The Morgan fingerprint density at radius 2 is 1.90 bits per heavy atom. The van der Waals surface area contributed by atoms with Crippen molar-refractivity contribution in [2.24, 2.45) is 0 Å². The van der Waals surface area contributed by atoms with Gasteiger partial charge in [0.2, 0.25) is 0 Å². The first-order chi connectivity index (χ1) is 10.2. The lowest BCUT2D eigenvalue weighted by Gasteiger charge is -2.07. The molecule has 110 valence electrons. The van der Waals surface area contributed by atoms with Crippen LogP contribution >= 0.6 is 0 Å². The van der Waals surface area contributed by atoms with Gasteiger partial charge in [0.1, 0.15) is 5.82 Å². The van der Waals surface area contributed by atoms with E-state index < -0.39 is 11.8 Å². The van der Waals surface area contributed by atoms with E-state index in [-0.39, 0.29) is 5.56 Å². The van der Waals surface area contributed by atoms with Crippen LogP contribution in [0.5, 0.6) is 0 Å². The van der Waals surface area contributed by atoms with Crippen molar-refractivity contribution in [3.63, 3.8) is 0 Å². The number of esters is 1. The highest BCUT2D eigenvalue weighted by Crippen LogP contribution is 2.11. The molecule has 0 saturated carbocycles. The fourth-order valence-corrected chi connectivity index (χ4v) is 2.05. The molecule has 0 aliphatic carbocycles. The van der Waals surface area contributed by atoms with Gasteiger partial charge in [0.15, 0.2) is 0 Å². The summed E-state index contributed by atoms with van der Waals surface area (Å²) in [6, 6.07) is 14.7. The molecule has 4 heteroatoms. The van der Waals surface area contributed by atoms with Crippen LogP contribution in [-0.2, 0) is 17.7 Å². The average molecular weight is 287 g/mol. The molecule has 0 atom stereocenters. The molecule has 3 nitrogen and oxygen atoms in total. The van der Waals surface area contributed by atoms with E-state index >= 15 is 0 Å². The molecule has 2 aromatic carbocycles. The molecule has 0 bridgehead atoms. The van der Waals surface area contributed by atoms with Gasteiger partial charge >= 0.3 is 5.97 Å². The molecule has 1 N–H and O–H groups in total. The molecule has 0 spiro atoms. The number of rotatable bonds is 6. The van der Waals surface area contributed by atoms with Gasteiger partial charge in [-0.15, -0.1) is 0 Å². The molecule has 0 saturated heterocycles. The molecular formula is C17H18FNO2. The quantitative estimate of drug-likeness (QED) is 0.656. The number of hydrogen-bond donors (Lipinski definition) is 1. The Labute approximate surface area is 123 Å². The van der Waals surface area contributed by atoms with E-state index in [9.17, 15) is 9.18 Å². The van der Waals surface area contributed by atoms with E-state index in [0.29, 0.717) is 6.54 Å². The van der Waals surface area contributed by atoms with Gasteiger partial charge in [-0.2, -0.15) is 0 Å². The number of carbonyl (C=O) groups excluding carboxylic acids is 1. The Bertz CT molecular complexity index is 599. The van der Waals surface area contributed by atoms with Gasteiger partial charge in [0.05, 0.1) is 12.7 Å². The van der Waals surface area contributed by atoms with E-state index in [1.165, 1.54) is 24.8 Å². The molecule has 0 radical (unpaired) electrons. The van der Waals surface area contributed by atoms with Crippen molar-refractivity contribution in [2.75, 3.05) is 13.7 Å². The second-order valence-electron chi connectivity index (χ2n) is 4.72. The van der Waals surface area contributed by atoms with Gasteiger partial charge in [0.25, 0.3) is 0 Å². The van der Waals surface area contributed by atoms with Gasteiger partial charge in [-0.3, -0.25) is 0 Å². The van der Waals surface area contributed by atoms with Crippen molar-refractivity contribution in [3.8, 4) is 0 Å². The molecule has 21 heavy (non-hydrogen) atoms. The standard InChI is InChI=1S/C17H18FNO2/c1-21-17(20)15-8-7-14(11-16(15)18)12-19-10-9-13-5-3-2-4-6-13/h2-8,11,19H,9-10,12H2,1H3. The van der Waals surface area contributed by atoms with Gasteiger partial charge in [-0.25, -0.2) is 9.18 Å². The maximum absolute atomic E-state index is 13.7. The van der Waals surface area contributed by atoms with Crippen LogP contribution in [0.1, 0.15) is 21.5 Å². The summed E-state index contributed by atoms with van der Waals surface area (Å²) in [7, 11) is 1.24. The van der Waals surface area contributed by atoms with E-state index in [0.717, 1.165) is 18.5 Å². The van der Waals surface area contributed by atoms with Crippen LogP contribution in [0, 0.1) is 5.82 Å². The lowest BCUT2D eigenvalue weighted by Crippen LogP contribution is -2.17. The predicted octanol–water partition coefficient (Wildman–Crippen LogP) is 2.94. The van der Waals surface area contributed by atoms with E-state index in [1.807, 2.05) is 18.2 Å². The van der Waals surface area contributed by atoms with Crippen molar-refractivity contribution in [1.29, 1.82) is 0 Å². The summed E-state index contributed by atoms with van der Waals surface area (Å²) < 4.78 is 18.2. The van der Waals surface area contributed by atoms with Crippen LogP contribution < -0.4 is 5.32 Å². The van der Waals surface area contributed by atoms with Crippen molar-refractivity contribution < 1.29 is 13.9 Å². The maximum Gasteiger partial charge on any atom is 0.340 e. The second-order valence-corrected chi connectivity index (χ2v) is 4.72. The third-order valence-corrected chi connectivity index (χ3v) is 3.20. The summed E-state index contributed by atoms with van der Waals surface area (Å²) in [6.45, 7) is 1.37. The summed E-state index contributed by atoms with van der Waals surface area (Å²) >= 11 is 0. The second kappa shape index (κ2) is 7.55. The number of benzene rings is 2. The minimum absolute atomic E-state index is 0.0365. The van der Waals surface area contributed by atoms with Crippen LogP contribution in [0.15, 0.2) is 48.5 Å². The number of nitrogens with one attached hydrogen (secondary N) is 1. The van der Waals surface area contributed by atoms with Gasteiger partial charge in [0, 0.05) is 6.54 Å². The number of ether oxygens (including phenoxy) is 1. The van der Waals surface area contributed by atoms with Crippen LogP contribution in [0.4, 0.5) is 4.39 Å². The monoisotopic (exact) mass is 287 g/mol. The zero-order valence-electron chi connectivity index (χ0n) is 11.9. The molecular weight excluding hydrogens is 269 g/mol. The van der Waals surface area contributed by atoms with Crippen LogP contribution in [0.3, 0.4) is 0 Å². The molecule has 0 aliphatic rings. The zero-order valence-corrected chi connectivity index (χ0v) is 11.9. The van der Waals surface area contributed by atoms with Gasteiger partial charge < -0.3 is 10.1 Å². The average Bonchev–Trinajstić information content (AvgIpc) is 2.52. The summed E-state index contributed by atoms with van der Waals surface area (Å²) in [4.78, 5) is 11.3. The molecule has 0 heterocycles.